The highest BCUT2D eigenvalue weighted by atomic mass is 32.2. The van der Waals surface area contributed by atoms with E-state index in [1.165, 1.54) is 6.20 Å². The lowest BCUT2D eigenvalue weighted by Gasteiger charge is -2.26. The largest absolute Gasteiger partial charge is 0.336 e. The van der Waals surface area contributed by atoms with Crippen LogP contribution in [0.15, 0.2) is 21.7 Å². The molecule has 4 rings (SSSR count). The molecule has 2 atom stereocenters. The van der Waals surface area contributed by atoms with Crippen molar-refractivity contribution in [3.8, 4) is 0 Å². The van der Waals surface area contributed by atoms with E-state index in [2.05, 4.69) is 15.5 Å². The van der Waals surface area contributed by atoms with Gasteiger partial charge >= 0.3 is 0 Å². The lowest BCUT2D eigenvalue weighted by molar-refractivity contribution is 0.334. The number of aryl methyl sites for hydroxylation is 1. The summed E-state index contributed by atoms with van der Waals surface area (Å²) in [7, 11) is -3.55. The molecule has 2 aliphatic rings. The third kappa shape index (κ3) is 2.36. The van der Waals surface area contributed by atoms with Crippen molar-refractivity contribution in [2.75, 3.05) is 13.1 Å². The SMILES string of the molecule is CCc1noc2ncc(S(=O)(=O)N3C4CCNCC3CC4)cc12. The molecule has 0 spiro atoms. The predicted molar refractivity (Wildman–Crippen MR) is 84.5 cm³/mol. The topological polar surface area (TPSA) is 88.3 Å². The monoisotopic (exact) mass is 336 g/mol. The van der Waals surface area contributed by atoms with E-state index in [9.17, 15) is 8.42 Å². The van der Waals surface area contributed by atoms with E-state index in [-0.39, 0.29) is 17.0 Å². The molecule has 2 unspecified atom stereocenters. The van der Waals surface area contributed by atoms with Crippen molar-refractivity contribution in [3.05, 3.63) is 18.0 Å². The zero-order valence-corrected chi connectivity index (χ0v) is 13.8. The number of hydrogen-bond donors (Lipinski definition) is 1. The van der Waals surface area contributed by atoms with Crippen molar-refractivity contribution >= 4 is 21.1 Å². The van der Waals surface area contributed by atoms with Gasteiger partial charge in [0.1, 0.15) is 4.90 Å². The fraction of sp³-hybridized carbons (Fsp3) is 0.600. The van der Waals surface area contributed by atoms with Crippen LogP contribution in [0, 0.1) is 0 Å². The van der Waals surface area contributed by atoms with Gasteiger partial charge in [-0.15, -0.1) is 0 Å². The van der Waals surface area contributed by atoms with Gasteiger partial charge in [-0.1, -0.05) is 12.1 Å². The van der Waals surface area contributed by atoms with E-state index >= 15 is 0 Å². The van der Waals surface area contributed by atoms with E-state index in [4.69, 9.17) is 4.52 Å². The summed E-state index contributed by atoms with van der Waals surface area (Å²) >= 11 is 0. The lowest BCUT2D eigenvalue weighted by atomic mass is 10.1. The van der Waals surface area contributed by atoms with Crippen molar-refractivity contribution in [3.63, 3.8) is 0 Å². The zero-order chi connectivity index (χ0) is 16.0. The van der Waals surface area contributed by atoms with Gasteiger partial charge in [-0.25, -0.2) is 13.4 Å². The Morgan fingerprint density at radius 2 is 2.17 bits per heavy atom. The number of pyridine rings is 1. The Kier molecular flexibility index (Phi) is 3.62. The van der Waals surface area contributed by atoms with Crippen LogP contribution in [0.3, 0.4) is 0 Å². The smallest absolute Gasteiger partial charge is 0.258 e. The Morgan fingerprint density at radius 1 is 1.35 bits per heavy atom. The molecule has 0 radical (unpaired) electrons. The number of sulfonamides is 1. The van der Waals surface area contributed by atoms with Crippen molar-refractivity contribution in [1.82, 2.24) is 19.8 Å². The molecule has 1 N–H and O–H groups in total. The molecule has 2 saturated heterocycles. The van der Waals surface area contributed by atoms with Gasteiger partial charge in [0.2, 0.25) is 10.0 Å². The van der Waals surface area contributed by atoms with Crippen LogP contribution in [0.25, 0.3) is 11.1 Å². The van der Waals surface area contributed by atoms with Crippen LogP contribution < -0.4 is 5.32 Å². The van der Waals surface area contributed by atoms with Gasteiger partial charge in [0.25, 0.3) is 5.71 Å². The van der Waals surface area contributed by atoms with Crippen LogP contribution in [0.1, 0.15) is 31.9 Å². The first-order valence-electron chi connectivity index (χ1n) is 8.10. The molecule has 0 saturated carbocycles. The molecule has 0 aromatic carbocycles. The summed E-state index contributed by atoms with van der Waals surface area (Å²) in [5, 5.41) is 7.97. The number of nitrogens with zero attached hydrogens (tertiary/aromatic N) is 3. The second-order valence-corrected chi connectivity index (χ2v) is 8.06. The number of aromatic nitrogens is 2. The second-order valence-electron chi connectivity index (χ2n) is 6.22. The Hall–Kier alpha value is -1.51. The quantitative estimate of drug-likeness (QED) is 0.909. The van der Waals surface area contributed by atoms with E-state index in [0.29, 0.717) is 17.5 Å². The average molecular weight is 336 g/mol. The minimum Gasteiger partial charge on any atom is -0.336 e. The van der Waals surface area contributed by atoms with Crippen LogP contribution >= 0.6 is 0 Å². The molecule has 2 aromatic heterocycles. The summed E-state index contributed by atoms with van der Waals surface area (Å²) in [4.78, 5) is 4.39. The summed E-state index contributed by atoms with van der Waals surface area (Å²) in [6.45, 7) is 3.55. The van der Waals surface area contributed by atoms with Gasteiger partial charge in [-0.05, 0) is 38.3 Å². The van der Waals surface area contributed by atoms with E-state index in [1.54, 1.807) is 10.4 Å². The highest BCUT2D eigenvalue weighted by molar-refractivity contribution is 7.89. The molecule has 2 aromatic rings. The first-order valence-corrected chi connectivity index (χ1v) is 9.54. The third-order valence-electron chi connectivity index (χ3n) is 4.88. The number of fused-ring (bicyclic) bond motifs is 3. The van der Waals surface area contributed by atoms with Gasteiger partial charge in [0.05, 0.1) is 17.3 Å². The third-order valence-corrected chi connectivity index (χ3v) is 6.85. The zero-order valence-electron chi connectivity index (χ0n) is 13.0. The van der Waals surface area contributed by atoms with Crippen molar-refractivity contribution in [2.45, 2.75) is 49.6 Å². The summed E-state index contributed by atoms with van der Waals surface area (Å²) in [6, 6.07) is 1.78. The summed E-state index contributed by atoms with van der Waals surface area (Å²) in [5.41, 5.74) is 1.13. The highest BCUT2D eigenvalue weighted by Crippen LogP contribution is 2.34. The number of hydrogen-bond acceptors (Lipinski definition) is 6. The molecular weight excluding hydrogens is 316 g/mol. The minimum absolute atomic E-state index is 0.0383. The first kappa shape index (κ1) is 15.0. The minimum atomic E-state index is -3.55. The molecular formula is C15H20N4O3S. The Balaban J connectivity index is 1.79. The molecule has 23 heavy (non-hydrogen) atoms. The fourth-order valence-corrected chi connectivity index (χ4v) is 5.58. The van der Waals surface area contributed by atoms with E-state index in [1.807, 2.05) is 6.92 Å². The normalized spacial score (nSPS) is 25.8. The first-order chi connectivity index (χ1) is 11.1. The van der Waals surface area contributed by atoms with Gasteiger partial charge in [-0.2, -0.15) is 4.31 Å². The van der Waals surface area contributed by atoms with Crippen molar-refractivity contribution in [1.29, 1.82) is 0 Å². The van der Waals surface area contributed by atoms with Crippen molar-refractivity contribution < 1.29 is 12.9 Å². The Bertz CT molecular complexity index is 818. The van der Waals surface area contributed by atoms with Crippen LogP contribution in [-0.2, 0) is 16.4 Å². The highest BCUT2D eigenvalue weighted by Gasteiger charge is 2.43. The van der Waals surface area contributed by atoms with Crippen LogP contribution in [-0.4, -0.2) is 48.0 Å². The van der Waals surface area contributed by atoms with Gasteiger partial charge < -0.3 is 9.84 Å². The predicted octanol–water partition coefficient (Wildman–Crippen LogP) is 1.30. The molecule has 7 nitrogen and oxygen atoms in total. The Labute approximate surface area is 135 Å². The van der Waals surface area contributed by atoms with Gasteiger partial charge in [0.15, 0.2) is 0 Å². The maximum atomic E-state index is 13.2. The summed E-state index contributed by atoms with van der Waals surface area (Å²) in [6.07, 6.45) is 4.78. The average Bonchev–Trinajstić information content (AvgIpc) is 3.06. The molecule has 8 heteroatoms. The second kappa shape index (κ2) is 5.54. The molecule has 124 valence electrons. The van der Waals surface area contributed by atoms with Gasteiger partial charge in [-0.3, -0.25) is 0 Å². The fourth-order valence-electron chi connectivity index (χ4n) is 3.71. The molecule has 4 heterocycles. The van der Waals surface area contributed by atoms with Crippen LogP contribution in [0.4, 0.5) is 0 Å². The maximum Gasteiger partial charge on any atom is 0.258 e. The molecule has 2 fully saturated rings. The van der Waals surface area contributed by atoms with E-state index < -0.39 is 10.0 Å². The molecule has 2 bridgehead atoms. The van der Waals surface area contributed by atoms with Crippen molar-refractivity contribution in [2.24, 2.45) is 0 Å². The van der Waals surface area contributed by atoms with Crippen LogP contribution in [0.2, 0.25) is 0 Å². The standard InChI is InChI=1S/C15H20N4O3S/c1-2-14-13-7-12(9-17-15(13)22-18-14)23(20,21)19-10-3-4-11(19)8-16-6-5-10/h7,9-11,16H,2-6,8H2,1H3. The van der Waals surface area contributed by atoms with Crippen LogP contribution in [0.5, 0.6) is 0 Å². The summed E-state index contributed by atoms with van der Waals surface area (Å²) in [5.74, 6) is 0. The lowest BCUT2D eigenvalue weighted by Crippen LogP contribution is -2.42. The number of nitrogens with one attached hydrogen (secondary N) is 1. The van der Waals surface area contributed by atoms with E-state index in [0.717, 1.165) is 38.0 Å². The van der Waals surface area contributed by atoms with Gasteiger partial charge in [0, 0.05) is 18.6 Å². The molecule has 0 aliphatic carbocycles. The summed E-state index contributed by atoms with van der Waals surface area (Å²) < 4.78 is 33.2. The molecule has 2 aliphatic heterocycles. The Morgan fingerprint density at radius 3 is 3.00 bits per heavy atom. The maximum absolute atomic E-state index is 13.2. The molecule has 0 amide bonds. The number of rotatable bonds is 3.